The van der Waals surface area contributed by atoms with E-state index in [4.69, 9.17) is 9.47 Å². The molecular formula is C40H85Cl2N3O4. The summed E-state index contributed by atoms with van der Waals surface area (Å²) >= 11 is 0. The van der Waals surface area contributed by atoms with Crippen LogP contribution in [0.15, 0.2) is 0 Å². The van der Waals surface area contributed by atoms with Gasteiger partial charge in [0.1, 0.15) is 6.61 Å². The summed E-state index contributed by atoms with van der Waals surface area (Å²) in [6.45, 7) is 8.25. The minimum atomic E-state index is -0.512. The minimum Gasteiger partial charge on any atom is -1.00 e. The van der Waals surface area contributed by atoms with Crippen LogP contribution in [-0.2, 0) is 14.3 Å². The molecule has 0 spiro atoms. The second-order valence-electron chi connectivity index (χ2n) is 15.9. The molecule has 0 aliphatic heterocycles. The van der Waals surface area contributed by atoms with Crippen LogP contribution in [0.3, 0.4) is 0 Å². The van der Waals surface area contributed by atoms with Crippen LogP contribution in [0.4, 0.5) is 4.79 Å². The minimum absolute atomic E-state index is 0. The normalized spacial score (nSPS) is 11.1. The third kappa shape index (κ3) is 54.2. The van der Waals surface area contributed by atoms with E-state index in [1.165, 1.54) is 128 Å². The molecule has 1 amide bonds. The van der Waals surface area contributed by atoms with Gasteiger partial charge in [-0.1, -0.05) is 149 Å². The summed E-state index contributed by atoms with van der Waals surface area (Å²) in [4.78, 5) is 23.1. The highest BCUT2D eigenvalue weighted by Crippen LogP contribution is 2.13. The molecule has 0 heterocycles. The summed E-state index contributed by atoms with van der Waals surface area (Å²) < 4.78 is 11.9. The SMILES string of the molecule is CCCCCCCCCCCCCCCC(=O)NCC[N+](C)(C)C.CCCCCCCCCCCCOC(=O)OCCC[N+](C)(C)C.[Cl-].[Cl-]. The molecule has 0 saturated heterocycles. The van der Waals surface area contributed by atoms with E-state index in [-0.39, 0.29) is 30.7 Å². The fourth-order valence-corrected chi connectivity index (χ4v) is 5.40. The van der Waals surface area contributed by atoms with Gasteiger partial charge in [-0.25, -0.2) is 4.79 Å². The number of likely N-dealkylation sites (N-methyl/N-ethyl adjacent to an activating group) is 1. The van der Waals surface area contributed by atoms with Crippen molar-refractivity contribution in [3.05, 3.63) is 0 Å². The van der Waals surface area contributed by atoms with Crippen molar-refractivity contribution < 1.29 is 52.8 Å². The van der Waals surface area contributed by atoms with Crippen LogP contribution in [0.2, 0.25) is 0 Å². The number of hydrogen-bond donors (Lipinski definition) is 1. The number of nitrogens with one attached hydrogen (secondary N) is 1. The molecule has 0 aromatic carbocycles. The number of rotatable bonds is 32. The molecule has 0 unspecified atom stereocenters. The van der Waals surface area contributed by atoms with E-state index in [0.717, 1.165) is 54.3 Å². The lowest BCUT2D eigenvalue weighted by atomic mass is 10.0. The molecule has 9 heteroatoms. The first-order valence-corrected chi connectivity index (χ1v) is 20.1. The Balaban J connectivity index is -0.000000397. The standard InChI is InChI=1S/C21H44N2O.C19H40NO3.2ClH/c1-5-6-7-8-9-10-11-12-13-14-15-16-17-18-21(24)22-19-20-23(2,3)4;1-5-6-7-8-9-10-11-12-13-14-17-22-19(21)23-18-15-16-20(2,3)4;;/h5-20H2,1-4H3;5-18H2,1-4H3;2*1H/q;+1;;/p-1. The van der Waals surface area contributed by atoms with Crippen molar-refractivity contribution in [2.24, 2.45) is 0 Å². The monoisotopic (exact) mass is 742 g/mol. The Labute approximate surface area is 318 Å². The predicted octanol–water partition coefficient (Wildman–Crippen LogP) is 4.45. The Hall–Kier alpha value is -0.760. The van der Waals surface area contributed by atoms with Crippen molar-refractivity contribution in [3.8, 4) is 0 Å². The van der Waals surface area contributed by atoms with Crippen molar-refractivity contribution in [1.82, 2.24) is 5.32 Å². The van der Waals surface area contributed by atoms with Crippen LogP contribution < -0.4 is 30.1 Å². The Bertz CT molecular complexity index is 685. The van der Waals surface area contributed by atoms with Gasteiger partial charge in [0, 0.05) is 12.8 Å². The van der Waals surface area contributed by atoms with Gasteiger partial charge in [0.15, 0.2) is 0 Å². The first-order valence-electron chi connectivity index (χ1n) is 20.1. The molecule has 0 saturated carbocycles. The maximum absolute atomic E-state index is 11.7. The zero-order valence-electron chi connectivity index (χ0n) is 34.0. The summed E-state index contributed by atoms with van der Waals surface area (Å²) in [6.07, 6.45) is 31.5. The number of unbranched alkanes of at least 4 members (excludes halogenated alkanes) is 21. The van der Waals surface area contributed by atoms with Crippen LogP contribution in [-0.4, -0.2) is 96.2 Å². The van der Waals surface area contributed by atoms with Gasteiger partial charge in [-0.2, -0.15) is 0 Å². The lowest BCUT2D eigenvalue weighted by Gasteiger charge is -2.23. The molecule has 0 fully saturated rings. The zero-order chi connectivity index (χ0) is 35.5. The second kappa shape index (κ2) is 40.0. The van der Waals surface area contributed by atoms with Gasteiger partial charge >= 0.3 is 6.16 Å². The highest BCUT2D eigenvalue weighted by molar-refractivity contribution is 5.75. The molecule has 0 aliphatic rings. The molecule has 49 heavy (non-hydrogen) atoms. The summed E-state index contributed by atoms with van der Waals surface area (Å²) in [5, 5.41) is 3.03. The van der Waals surface area contributed by atoms with Crippen molar-refractivity contribution in [2.45, 2.75) is 174 Å². The first kappa shape index (κ1) is 55.0. The molecule has 0 aliphatic carbocycles. The van der Waals surface area contributed by atoms with Crippen molar-refractivity contribution >= 4 is 12.1 Å². The van der Waals surface area contributed by atoms with Crippen LogP contribution in [0, 0.1) is 0 Å². The summed E-state index contributed by atoms with van der Waals surface area (Å²) in [5.74, 6) is 0.228. The largest absolute Gasteiger partial charge is 1.00 e. The van der Waals surface area contributed by atoms with E-state index in [1.54, 1.807) is 0 Å². The summed E-state index contributed by atoms with van der Waals surface area (Å²) in [5.41, 5.74) is 0. The van der Waals surface area contributed by atoms with E-state index >= 15 is 0 Å². The number of carbonyl (C=O) groups is 2. The third-order valence-corrected chi connectivity index (χ3v) is 8.52. The Morgan fingerprint density at radius 3 is 1.14 bits per heavy atom. The van der Waals surface area contributed by atoms with Gasteiger partial charge in [-0.3, -0.25) is 4.79 Å². The lowest BCUT2D eigenvalue weighted by molar-refractivity contribution is -0.870. The van der Waals surface area contributed by atoms with E-state index in [2.05, 4.69) is 61.5 Å². The van der Waals surface area contributed by atoms with Crippen molar-refractivity contribution in [3.63, 3.8) is 0 Å². The summed E-state index contributed by atoms with van der Waals surface area (Å²) in [7, 11) is 12.8. The Morgan fingerprint density at radius 1 is 0.449 bits per heavy atom. The van der Waals surface area contributed by atoms with E-state index in [9.17, 15) is 9.59 Å². The maximum atomic E-state index is 11.7. The maximum Gasteiger partial charge on any atom is 0.508 e. The number of quaternary nitrogens is 2. The molecule has 0 rings (SSSR count). The quantitative estimate of drug-likeness (QED) is 0.0629. The first-order chi connectivity index (χ1) is 22.4. The average molecular weight is 743 g/mol. The van der Waals surface area contributed by atoms with E-state index in [0.29, 0.717) is 19.6 Å². The third-order valence-electron chi connectivity index (χ3n) is 8.52. The van der Waals surface area contributed by atoms with E-state index < -0.39 is 6.16 Å². The van der Waals surface area contributed by atoms with Crippen LogP contribution >= 0.6 is 0 Å². The second-order valence-corrected chi connectivity index (χ2v) is 15.9. The number of carbonyl (C=O) groups excluding carboxylic acids is 2. The molecule has 0 atom stereocenters. The topological polar surface area (TPSA) is 64.6 Å². The average Bonchev–Trinajstić information content (AvgIpc) is 2.99. The van der Waals surface area contributed by atoms with Gasteiger partial charge in [0.25, 0.3) is 0 Å². The Morgan fingerprint density at radius 2 is 0.776 bits per heavy atom. The number of ether oxygens (including phenoxy) is 2. The molecule has 1 N–H and O–H groups in total. The highest BCUT2D eigenvalue weighted by Gasteiger charge is 2.09. The number of amides is 1. The Kier molecular flexibility index (Phi) is 44.9. The number of halogens is 2. The van der Waals surface area contributed by atoms with Crippen molar-refractivity contribution in [2.75, 3.05) is 75.1 Å². The molecule has 0 aromatic rings. The van der Waals surface area contributed by atoms with Crippen LogP contribution in [0.25, 0.3) is 0 Å². The fourth-order valence-electron chi connectivity index (χ4n) is 5.40. The van der Waals surface area contributed by atoms with Gasteiger partial charge in [0.05, 0.1) is 68.5 Å². The zero-order valence-corrected chi connectivity index (χ0v) is 35.5. The van der Waals surface area contributed by atoms with Gasteiger partial charge in [-0.05, 0) is 12.8 Å². The molecule has 0 bridgehead atoms. The molecular weight excluding hydrogens is 657 g/mol. The van der Waals surface area contributed by atoms with Crippen LogP contribution in [0.1, 0.15) is 174 Å². The highest BCUT2D eigenvalue weighted by atomic mass is 35.5. The molecule has 298 valence electrons. The smallest absolute Gasteiger partial charge is 0.508 e. The van der Waals surface area contributed by atoms with Gasteiger partial charge in [-0.15, -0.1) is 0 Å². The predicted molar refractivity (Wildman–Crippen MR) is 203 cm³/mol. The van der Waals surface area contributed by atoms with Crippen LogP contribution in [0.5, 0.6) is 0 Å². The lowest BCUT2D eigenvalue weighted by Crippen LogP contribution is -3.00. The van der Waals surface area contributed by atoms with Gasteiger partial charge in [0.2, 0.25) is 5.91 Å². The van der Waals surface area contributed by atoms with Crippen molar-refractivity contribution in [1.29, 1.82) is 0 Å². The summed E-state index contributed by atoms with van der Waals surface area (Å²) in [6, 6.07) is 0. The van der Waals surface area contributed by atoms with Gasteiger partial charge < -0.3 is 48.6 Å². The molecule has 7 nitrogen and oxygen atoms in total. The molecule has 0 aromatic heterocycles. The number of hydrogen-bond acceptors (Lipinski definition) is 4. The number of nitrogens with zero attached hydrogens (tertiary/aromatic N) is 2. The van der Waals surface area contributed by atoms with E-state index in [1.807, 2.05) is 0 Å². The fraction of sp³-hybridized carbons (Fsp3) is 0.950. The molecule has 0 radical (unpaired) electrons.